The van der Waals surface area contributed by atoms with Gasteiger partial charge in [-0.25, -0.2) is 9.36 Å². The Morgan fingerprint density at radius 1 is 1.14 bits per heavy atom. The fourth-order valence-electron chi connectivity index (χ4n) is 3.62. The second kappa shape index (κ2) is 5.95. The average molecular weight is 380 g/mol. The standard InChI is InChI=1S/C19H20N6O3/c1-10-6-5-7-13(8-10)24-11(2)12(3)25-15-16(21-18(24)25)22(4)19(28)23(17(15)27)9-14(20)26/h5-8H,9H2,1-4H3,(H2,20,26). The molecule has 3 aromatic heterocycles. The van der Waals surface area contributed by atoms with E-state index in [9.17, 15) is 14.4 Å². The Bertz CT molecular complexity index is 1400. The average Bonchev–Trinajstić information content (AvgIpc) is 3.13. The van der Waals surface area contributed by atoms with Crippen molar-refractivity contribution in [3.63, 3.8) is 0 Å². The lowest BCUT2D eigenvalue weighted by atomic mass is 10.2. The normalized spacial score (nSPS) is 11.6. The molecule has 4 aromatic rings. The molecule has 9 nitrogen and oxygen atoms in total. The molecule has 0 spiro atoms. The van der Waals surface area contributed by atoms with Crippen LogP contribution in [0.2, 0.25) is 0 Å². The second-order valence-corrected chi connectivity index (χ2v) is 6.96. The minimum absolute atomic E-state index is 0.241. The molecular formula is C19H20N6O3. The van der Waals surface area contributed by atoms with Gasteiger partial charge in [-0.3, -0.25) is 23.1 Å². The number of nitrogens with two attached hydrogens (primary N) is 1. The highest BCUT2D eigenvalue weighted by Crippen LogP contribution is 2.24. The van der Waals surface area contributed by atoms with Crippen molar-refractivity contribution in [2.24, 2.45) is 12.8 Å². The zero-order valence-electron chi connectivity index (χ0n) is 16.1. The number of aryl methyl sites for hydroxylation is 3. The van der Waals surface area contributed by atoms with Gasteiger partial charge in [0.05, 0.1) is 0 Å². The number of primary amides is 1. The van der Waals surface area contributed by atoms with Crippen LogP contribution < -0.4 is 17.0 Å². The van der Waals surface area contributed by atoms with E-state index < -0.39 is 23.7 Å². The first-order valence-corrected chi connectivity index (χ1v) is 8.77. The largest absolute Gasteiger partial charge is 0.368 e. The number of rotatable bonds is 3. The zero-order chi connectivity index (χ0) is 20.3. The van der Waals surface area contributed by atoms with Crippen molar-refractivity contribution >= 4 is 22.8 Å². The van der Waals surface area contributed by atoms with Crippen LogP contribution in [0.1, 0.15) is 17.0 Å². The molecule has 2 N–H and O–H groups in total. The van der Waals surface area contributed by atoms with Crippen molar-refractivity contribution in [3.8, 4) is 5.69 Å². The quantitative estimate of drug-likeness (QED) is 0.560. The first-order chi connectivity index (χ1) is 13.2. The predicted octanol–water partition coefficient (Wildman–Crippen LogP) is 0.549. The van der Waals surface area contributed by atoms with Gasteiger partial charge in [-0.05, 0) is 38.5 Å². The van der Waals surface area contributed by atoms with Crippen molar-refractivity contribution in [2.45, 2.75) is 27.3 Å². The van der Waals surface area contributed by atoms with E-state index in [1.165, 1.54) is 11.6 Å². The van der Waals surface area contributed by atoms with Gasteiger partial charge in [0.15, 0.2) is 11.2 Å². The molecule has 0 saturated heterocycles. The monoisotopic (exact) mass is 380 g/mol. The van der Waals surface area contributed by atoms with E-state index in [1.807, 2.05) is 49.6 Å². The lowest BCUT2D eigenvalue weighted by Crippen LogP contribution is -2.42. The Kier molecular flexibility index (Phi) is 3.77. The smallest absolute Gasteiger partial charge is 0.332 e. The van der Waals surface area contributed by atoms with Gasteiger partial charge in [-0.2, -0.15) is 4.98 Å². The van der Waals surface area contributed by atoms with Gasteiger partial charge in [0.2, 0.25) is 11.7 Å². The van der Waals surface area contributed by atoms with Crippen LogP contribution in [0.25, 0.3) is 22.6 Å². The molecule has 4 rings (SSSR count). The Morgan fingerprint density at radius 3 is 2.50 bits per heavy atom. The van der Waals surface area contributed by atoms with Crippen LogP contribution in [-0.2, 0) is 18.4 Å². The van der Waals surface area contributed by atoms with Crippen LogP contribution in [0.4, 0.5) is 0 Å². The summed E-state index contributed by atoms with van der Waals surface area (Å²) in [6, 6.07) is 7.94. The number of nitrogens with zero attached hydrogens (tertiary/aromatic N) is 5. The molecule has 28 heavy (non-hydrogen) atoms. The Balaban J connectivity index is 2.20. The molecule has 3 heterocycles. The van der Waals surface area contributed by atoms with E-state index in [2.05, 4.69) is 4.98 Å². The van der Waals surface area contributed by atoms with Gasteiger partial charge < -0.3 is 5.73 Å². The topological polar surface area (TPSA) is 109 Å². The van der Waals surface area contributed by atoms with Gasteiger partial charge in [-0.1, -0.05) is 12.1 Å². The predicted molar refractivity (Wildman–Crippen MR) is 105 cm³/mol. The van der Waals surface area contributed by atoms with Crippen LogP contribution in [0.15, 0.2) is 33.9 Å². The lowest BCUT2D eigenvalue weighted by molar-refractivity contribution is -0.118. The molecule has 0 aliphatic rings. The number of aromatic nitrogens is 5. The van der Waals surface area contributed by atoms with Crippen molar-refractivity contribution in [3.05, 3.63) is 62.1 Å². The number of carbonyl (C=O) groups is 1. The Morgan fingerprint density at radius 2 is 1.86 bits per heavy atom. The number of benzene rings is 1. The van der Waals surface area contributed by atoms with Gasteiger partial charge in [-0.15, -0.1) is 0 Å². The number of amides is 1. The Labute approximate surface area is 159 Å². The summed E-state index contributed by atoms with van der Waals surface area (Å²) in [4.78, 5) is 41.6. The number of fused-ring (bicyclic) bond motifs is 3. The molecule has 0 unspecified atom stereocenters. The molecule has 0 radical (unpaired) electrons. The lowest BCUT2D eigenvalue weighted by Gasteiger charge is -2.08. The molecule has 144 valence electrons. The summed E-state index contributed by atoms with van der Waals surface area (Å²) >= 11 is 0. The molecule has 0 atom stereocenters. The minimum Gasteiger partial charge on any atom is -0.368 e. The van der Waals surface area contributed by atoms with Gasteiger partial charge in [0.25, 0.3) is 5.56 Å². The fourth-order valence-corrected chi connectivity index (χ4v) is 3.62. The van der Waals surface area contributed by atoms with Gasteiger partial charge in [0.1, 0.15) is 6.54 Å². The minimum atomic E-state index is -0.760. The number of carbonyl (C=O) groups excluding carboxylic acids is 1. The van der Waals surface area contributed by atoms with E-state index in [1.54, 1.807) is 4.40 Å². The third kappa shape index (κ3) is 2.32. The molecule has 0 saturated carbocycles. The third-order valence-corrected chi connectivity index (χ3v) is 5.09. The summed E-state index contributed by atoms with van der Waals surface area (Å²) in [5.41, 5.74) is 8.24. The summed E-state index contributed by atoms with van der Waals surface area (Å²) in [7, 11) is 1.52. The van der Waals surface area contributed by atoms with E-state index >= 15 is 0 Å². The SMILES string of the molecule is Cc1cccc(-n2c(C)c(C)n3c4c(=O)n(CC(N)=O)c(=O)n(C)c4nc23)c1. The van der Waals surface area contributed by atoms with E-state index in [0.717, 1.165) is 27.2 Å². The first-order valence-electron chi connectivity index (χ1n) is 8.77. The number of imidazole rings is 2. The van der Waals surface area contributed by atoms with Crippen molar-refractivity contribution < 1.29 is 4.79 Å². The molecule has 9 heteroatoms. The molecule has 1 aromatic carbocycles. The van der Waals surface area contributed by atoms with Crippen LogP contribution in [-0.4, -0.2) is 29.0 Å². The molecule has 0 fully saturated rings. The van der Waals surface area contributed by atoms with E-state index in [0.29, 0.717) is 5.78 Å². The van der Waals surface area contributed by atoms with Crippen molar-refractivity contribution in [1.29, 1.82) is 0 Å². The number of hydrogen-bond acceptors (Lipinski definition) is 4. The molecule has 0 aliphatic carbocycles. The zero-order valence-corrected chi connectivity index (χ0v) is 16.1. The molecule has 0 aliphatic heterocycles. The maximum Gasteiger partial charge on any atom is 0.332 e. The number of hydrogen-bond donors (Lipinski definition) is 1. The van der Waals surface area contributed by atoms with Crippen molar-refractivity contribution in [1.82, 2.24) is 23.1 Å². The Hall–Kier alpha value is -3.62. The van der Waals surface area contributed by atoms with Crippen LogP contribution >= 0.6 is 0 Å². The highest BCUT2D eigenvalue weighted by atomic mass is 16.2. The highest BCUT2D eigenvalue weighted by molar-refractivity contribution is 5.78. The maximum atomic E-state index is 13.0. The summed E-state index contributed by atoms with van der Waals surface area (Å²) in [5, 5.41) is 0. The summed E-state index contributed by atoms with van der Waals surface area (Å²) in [6.45, 7) is 5.35. The third-order valence-electron chi connectivity index (χ3n) is 5.09. The van der Waals surface area contributed by atoms with Gasteiger partial charge in [0, 0.05) is 24.1 Å². The maximum absolute atomic E-state index is 13.0. The van der Waals surface area contributed by atoms with Crippen molar-refractivity contribution in [2.75, 3.05) is 0 Å². The van der Waals surface area contributed by atoms with Crippen LogP contribution in [0, 0.1) is 20.8 Å². The molecule has 1 amide bonds. The van der Waals surface area contributed by atoms with Gasteiger partial charge >= 0.3 is 5.69 Å². The van der Waals surface area contributed by atoms with E-state index in [-0.39, 0.29) is 11.2 Å². The van der Waals surface area contributed by atoms with Crippen LogP contribution in [0.3, 0.4) is 0 Å². The first kappa shape index (κ1) is 17.8. The summed E-state index contributed by atoms with van der Waals surface area (Å²) < 4.78 is 5.79. The molecular weight excluding hydrogens is 360 g/mol. The second-order valence-electron chi connectivity index (χ2n) is 6.96. The fraction of sp³-hybridized carbons (Fsp3) is 0.263. The highest BCUT2D eigenvalue weighted by Gasteiger charge is 2.23. The van der Waals surface area contributed by atoms with Crippen LogP contribution in [0.5, 0.6) is 0 Å². The van der Waals surface area contributed by atoms with E-state index in [4.69, 9.17) is 5.73 Å². The summed E-state index contributed by atoms with van der Waals surface area (Å²) in [5.74, 6) is -0.232. The molecule has 0 bridgehead atoms. The summed E-state index contributed by atoms with van der Waals surface area (Å²) in [6.07, 6.45) is 0.